The summed E-state index contributed by atoms with van der Waals surface area (Å²) in [6.45, 7) is 6.31. The number of nitrogens with one attached hydrogen (secondary N) is 1. The van der Waals surface area contributed by atoms with Crippen molar-refractivity contribution in [2.75, 3.05) is 37.4 Å². The van der Waals surface area contributed by atoms with E-state index in [0.29, 0.717) is 47.4 Å². The van der Waals surface area contributed by atoms with E-state index in [1.54, 1.807) is 17.5 Å². The minimum atomic E-state index is -0.980. The molecule has 10 nitrogen and oxygen atoms in total. The van der Waals surface area contributed by atoms with E-state index in [1.165, 1.54) is 22.6 Å². The van der Waals surface area contributed by atoms with Gasteiger partial charge in [0, 0.05) is 34.2 Å². The second-order valence-corrected chi connectivity index (χ2v) is 12.2. The lowest BCUT2D eigenvalue weighted by Crippen LogP contribution is -2.32. The summed E-state index contributed by atoms with van der Waals surface area (Å²) in [5, 5.41) is 19.9. The van der Waals surface area contributed by atoms with Crippen LogP contribution in [-0.2, 0) is 6.54 Å². The van der Waals surface area contributed by atoms with Crippen LogP contribution in [0.2, 0.25) is 0 Å². The van der Waals surface area contributed by atoms with Gasteiger partial charge in [0.25, 0.3) is 5.91 Å². The first-order chi connectivity index (χ1) is 19.6. The first-order valence-corrected chi connectivity index (χ1v) is 15.3. The number of aryl methyl sites for hydroxylation is 1. The molecule has 0 aliphatic carbocycles. The van der Waals surface area contributed by atoms with Crippen LogP contribution in [0.5, 0.6) is 0 Å². The summed E-state index contributed by atoms with van der Waals surface area (Å²) in [7, 11) is 3.94. The van der Waals surface area contributed by atoms with Gasteiger partial charge in [-0.15, -0.1) is 0 Å². The normalized spacial score (nSPS) is 11.5. The van der Waals surface area contributed by atoms with Gasteiger partial charge in [0.05, 0.1) is 22.8 Å². The SMILES string of the molecule is CC(C)CCCCn1nc(NC(=O)c2cnsc2)c2cc(Br)c(-c3ccc(N(CCCN(C)C)C(=O)O)cc3)nc21. The fourth-order valence-electron chi connectivity index (χ4n) is 4.51. The Morgan fingerprint density at radius 2 is 1.88 bits per heavy atom. The molecule has 41 heavy (non-hydrogen) atoms. The van der Waals surface area contributed by atoms with Crippen molar-refractivity contribution in [3.63, 3.8) is 0 Å². The highest BCUT2D eigenvalue weighted by molar-refractivity contribution is 9.10. The van der Waals surface area contributed by atoms with Crippen LogP contribution in [0.1, 0.15) is 49.9 Å². The molecule has 2 amide bonds. The van der Waals surface area contributed by atoms with Gasteiger partial charge in [0.15, 0.2) is 11.5 Å². The summed E-state index contributed by atoms with van der Waals surface area (Å²) in [4.78, 5) is 33.1. The molecule has 0 atom stereocenters. The largest absolute Gasteiger partial charge is 0.465 e. The minimum Gasteiger partial charge on any atom is -0.465 e. The Bertz CT molecular complexity index is 1470. The van der Waals surface area contributed by atoms with E-state index in [9.17, 15) is 14.7 Å². The Morgan fingerprint density at radius 1 is 1.12 bits per heavy atom. The number of fused-ring (bicyclic) bond motifs is 1. The van der Waals surface area contributed by atoms with E-state index in [1.807, 2.05) is 41.9 Å². The van der Waals surface area contributed by atoms with Crippen molar-refractivity contribution in [2.45, 2.75) is 46.1 Å². The summed E-state index contributed by atoms with van der Waals surface area (Å²) >= 11 is 4.89. The Labute approximate surface area is 252 Å². The van der Waals surface area contributed by atoms with Crippen molar-refractivity contribution in [3.05, 3.63) is 51.9 Å². The number of benzene rings is 1. The third-order valence-electron chi connectivity index (χ3n) is 6.67. The predicted octanol–water partition coefficient (Wildman–Crippen LogP) is 6.83. The number of carboxylic acid groups (broad SMARTS) is 1. The first kappa shape index (κ1) is 30.6. The number of unbranched alkanes of at least 4 members (excludes halogenated alkanes) is 1. The van der Waals surface area contributed by atoms with Crippen molar-refractivity contribution in [1.82, 2.24) is 24.0 Å². The fraction of sp³-hybridized carbons (Fsp3) is 0.414. The molecule has 1 aromatic carbocycles. The van der Waals surface area contributed by atoms with E-state index >= 15 is 0 Å². The van der Waals surface area contributed by atoms with E-state index < -0.39 is 6.09 Å². The van der Waals surface area contributed by atoms with E-state index in [0.717, 1.165) is 47.7 Å². The van der Waals surface area contributed by atoms with Gasteiger partial charge in [0.1, 0.15) is 0 Å². The Kier molecular flexibility index (Phi) is 10.5. The van der Waals surface area contributed by atoms with Crippen LogP contribution >= 0.6 is 27.5 Å². The number of hydrogen-bond acceptors (Lipinski definition) is 7. The Balaban J connectivity index is 1.64. The smallest absolute Gasteiger partial charge is 0.411 e. The van der Waals surface area contributed by atoms with Gasteiger partial charge in [-0.1, -0.05) is 38.8 Å². The maximum absolute atomic E-state index is 12.8. The number of hydrogen-bond donors (Lipinski definition) is 2. The number of halogens is 1. The molecule has 2 N–H and O–H groups in total. The van der Waals surface area contributed by atoms with Crippen molar-refractivity contribution < 1.29 is 14.7 Å². The molecule has 4 rings (SSSR count). The first-order valence-electron chi connectivity index (χ1n) is 13.7. The lowest BCUT2D eigenvalue weighted by molar-refractivity contribution is 0.102. The third-order valence-corrected chi connectivity index (χ3v) is 7.87. The topological polar surface area (TPSA) is 116 Å². The van der Waals surface area contributed by atoms with E-state index in [-0.39, 0.29) is 5.91 Å². The lowest BCUT2D eigenvalue weighted by atomic mass is 10.1. The van der Waals surface area contributed by atoms with Gasteiger partial charge in [0.2, 0.25) is 0 Å². The highest BCUT2D eigenvalue weighted by Crippen LogP contribution is 2.34. The fourth-order valence-corrected chi connectivity index (χ4v) is 5.58. The average molecular weight is 643 g/mol. The molecule has 12 heteroatoms. The molecule has 0 saturated carbocycles. The van der Waals surface area contributed by atoms with Gasteiger partial charge in [-0.05, 0) is 85.1 Å². The van der Waals surface area contributed by atoms with Crippen molar-refractivity contribution in [1.29, 1.82) is 0 Å². The monoisotopic (exact) mass is 641 g/mol. The molecule has 0 unspecified atom stereocenters. The average Bonchev–Trinajstić information content (AvgIpc) is 3.57. The van der Waals surface area contributed by atoms with Crippen LogP contribution in [0, 0.1) is 5.92 Å². The second kappa shape index (κ2) is 14.0. The van der Waals surface area contributed by atoms with Gasteiger partial charge in [-0.3, -0.25) is 9.69 Å². The van der Waals surface area contributed by atoms with Crippen molar-refractivity contribution in [3.8, 4) is 11.3 Å². The van der Waals surface area contributed by atoms with Gasteiger partial charge in [-0.2, -0.15) is 5.10 Å². The number of rotatable bonds is 13. The molecule has 0 spiro atoms. The maximum atomic E-state index is 12.8. The van der Waals surface area contributed by atoms with Gasteiger partial charge >= 0.3 is 6.09 Å². The van der Waals surface area contributed by atoms with Gasteiger partial charge < -0.3 is 15.3 Å². The van der Waals surface area contributed by atoms with E-state index in [2.05, 4.69) is 39.5 Å². The molecule has 218 valence electrons. The van der Waals surface area contributed by atoms with Crippen LogP contribution in [-0.4, -0.2) is 68.3 Å². The zero-order valence-electron chi connectivity index (χ0n) is 23.8. The summed E-state index contributed by atoms with van der Waals surface area (Å²) in [6, 6.07) is 9.30. The Morgan fingerprint density at radius 3 is 2.51 bits per heavy atom. The zero-order valence-corrected chi connectivity index (χ0v) is 26.2. The van der Waals surface area contributed by atoms with Crippen LogP contribution in [0.15, 0.2) is 46.4 Å². The molecule has 4 aromatic rings. The molecule has 0 radical (unpaired) electrons. The molecule has 0 saturated heterocycles. The summed E-state index contributed by atoms with van der Waals surface area (Å²) in [6.07, 6.45) is 4.43. The van der Waals surface area contributed by atoms with Crippen molar-refractivity contribution in [2.24, 2.45) is 5.92 Å². The van der Waals surface area contributed by atoms with Gasteiger partial charge in [-0.25, -0.2) is 18.8 Å². The summed E-state index contributed by atoms with van der Waals surface area (Å²) in [5.41, 5.74) is 3.31. The van der Waals surface area contributed by atoms with Crippen LogP contribution in [0.25, 0.3) is 22.3 Å². The number of nitrogens with zero attached hydrogens (tertiary/aromatic N) is 6. The third kappa shape index (κ3) is 7.90. The standard InChI is InChI=1S/C29H36BrN7O3S/c1-19(2)8-5-6-15-37-27-23(26(34-37)33-28(38)21-17-31-41-18-21)16-24(30)25(32-27)20-9-11-22(12-10-20)36(29(39)40)14-7-13-35(3)4/h9-12,16-19H,5-8,13-15H2,1-4H3,(H,39,40)(H,33,34,38). The predicted molar refractivity (Wildman–Crippen MR) is 168 cm³/mol. The zero-order chi connectivity index (χ0) is 29.5. The number of aromatic nitrogens is 4. The second-order valence-electron chi connectivity index (χ2n) is 10.7. The van der Waals surface area contributed by atoms with Crippen LogP contribution in [0.4, 0.5) is 16.3 Å². The molecule has 0 aliphatic rings. The molecule has 0 aliphatic heterocycles. The van der Waals surface area contributed by atoms with E-state index in [4.69, 9.17) is 10.1 Å². The van der Waals surface area contributed by atoms with Crippen LogP contribution in [0.3, 0.4) is 0 Å². The highest BCUT2D eigenvalue weighted by atomic mass is 79.9. The molecule has 3 heterocycles. The molecular weight excluding hydrogens is 606 g/mol. The molecular formula is C29H36BrN7O3S. The summed E-state index contributed by atoms with van der Waals surface area (Å²) in [5.74, 6) is 0.812. The minimum absolute atomic E-state index is 0.269. The summed E-state index contributed by atoms with van der Waals surface area (Å²) < 4.78 is 6.62. The van der Waals surface area contributed by atoms with Crippen molar-refractivity contribution >= 4 is 62.0 Å². The number of anilines is 2. The molecule has 0 fully saturated rings. The molecule has 3 aromatic heterocycles. The number of carbonyl (C=O) groups excluding carboxylic acids is 1. The number of carbonyl (C=O) groups is 2. The maximum Gasteiger partial charge on any atom is 0.411 e. The molecule has 0 bridgehead atoms. The van der Waals surface area contributed by atoms with Crippen LogP contribution < -0.4 is 10.2 Å². The Hall–Kier alpha value is -3.35. The number of pyridine rings is 1. The quantitative estimate of drug-likeness (QED) is 0.154. The number of amides is 2. The highest BCUT2D eigenvalue weighted by Gasteiger charge is 2.20. The lowest BCUT2D eigenvalue weighted by Gasteiger charge is -2.20.